The predicted molar refractivity (Wildman–Crippen MR) is 149 cm³/mol. The number of nitrogens with one attached hydrogen (secondary N) is 1. The number of furan rings is 1. The summed E-state index contributed by atoms with van der Waals surface area (Å²) in [4.78, 5) is 23.1. The minimum absolute atomic E-state index is 0.0121. The summed E-state index contributed by atoms with van der Waals surface area (Å²) in [6.45, 7) is 2.33. The van der Waals surface area contributed by atoms with Crippen molar-refractivity contribution in [2.24, 2.45) is 5.10 Å². The third-order valence-corrected chi connectivity index (χ3v) is 6.61. The third kappa shape index (κ3) is 6.56. The number of nitro benzene ring substituents is 1. The average Bonchev–Trinajstić information content (AvgIpc) is 3.28. The van der Waals surface area contributed by atoms with Gasteiger partial charge >= 0.3 is 5.91 Å². The van der Waals surface area contributed by atoms with Gasteiger partial charge < -0.3 is 13.9 Å². The van der Waals surface area contributed by atoms with E-state index < -0.39 is 10.8 Å². The first-order valence-corrected chi connectivity index (χ1v) is 13.2. The Balaban J connectivity index is 1.48. The van der Waals surface area contributed by atoms with Crippen molar-refractivity contribution in [1.29, 1.82) is 0 Å². The van der Waals surface area contributed by atoms with E-state index >= 15 is 0 Å². The summed E-state index contributed by atoms with van der Waals surface area (Å²) >= 11 is 10.3. The lowest BCUT2D eigenvalue weighted by Crippen LogP contribution is -2.16. The fourth-order valence-corrected chi connectivity index (χ4v) is 5.30. The maximum atomic E-state index is 12.5. The lowest BCUT2D eigenvalue weighted by molar-refractivity contribution is -0.384. The quantitative estimate of drug-likeness (QED) is 0.111. The number of hydrogen-bond donors (Lipinski definition) is 1. The number of non-ortho nitro benzene ring substituents is 1. The van der Waals surface area contributed by atoms with Crippen molar-refractivity contribution >= 4 is 76.6 Å². The van der Waals surface area contributed by atoms with Crippen molar-refractivity contribution in [2.75, 3.05) is 6.61 Å². The normalized spacial score (nSPS) is 11.1. The number of carbonyl (C=O) groups excluding carboxylic acids is 1. The van der Waals surface area contributed by atoms with Crippen LogP contribution in [0.4, 0.5) is 5.69 Å². The topological polar surface area (TPSA) is 116 Å². The summed E-state index contributed by atoms with van der Waals surface area (Å²) in [7, 11) is 0. The van der Waals surface area contributed by atoms with E-state index in [1.54, 1.807) is 30.3 Å². The molecule has 4 rings (SSSR count). The van der Waals surface area contributed by atoms with E-state index in [-0.39, 0.29) is 18.1 Å². The lowest BCUT2D eigenvalue weighted by atomic mass is 10.2. The van der Waals surface area contributed by atoms with Gasteiger partial charge in [0.25, 0.3) is 5.69 Å². The fraction of sp³-hybridized carbons (Fsp3) is 0.120. The molecule has 0 spiro atoms. The second-order valence-electron chi connectivity index (χ2n) is 7.59. The average molecular weight is 696 g/mol. The minimum atomic E-state index is -0.503. The van der Waals surface area contributed by atoms with Crippen LogP contribution in [0.5, 0.6) is 11.5 Å². The molecule has 0 fully saturated rings. The maximum absolute atomic E-state index is 12.5. The summed E-state index contributed by atoms with van der Waals surface area (Å²) < 4.78 is 19.5. The third-order valence-electron chi connectivity index (χ3n) is 4.98. The number of hydrazone groups is 1. The maximum Gasteiger partial charge on any atom is 0.307 e. The van der Waals surface area contributed by atoms with E-state index in [0.717, 1.165) is 14.3 Å². The zero-order chi connectivity index (χ0) is 26.5. The SMILES string of the molecule is CCOc1cc(/C=N\NC(=O)c2cc3cc(Br)cc(Br)c3o2)cc(Br)c1OCc1cccc([N+](=O)[O-])c1. The molecule has 0 radical (unpaired) electrons. The Morgan fingerprint density at radius 1 is 1.11 bits per heavy atom. The molecule has 1 N–H and O–H groups in total. The predicted octanol–water partition coefficient (Wildman–Crippen LogP) is 7.37. The Kier molecular flexibility index (Phi) is 8.62. The Bertz CT molecular complexity index is 1520. The molecule has 1 amide bonds. The molecule has 0 bridgehead atoms. The largest absolute Gasteiger partial charge is 0.490 e. The second kappa shape index (κ2) is 11.9. The van der Waals surface area contributed by atoms with Gasteiger partial charge in [-0.2, -0.15) is 5.10 Å². The van der Waals surface area contributed by atoms with E-state index in [4.69, 9.17) is 13.9 Å². The summed E-state index contributed by atoms with van der Waals surface area (Å²) in [5, 5.41) is 15.8. The van der Waals surface area contributed by atoms with Crippen LogP contribution in [-0.4, -0.2) is 23.7 Å². The van der Waals surface area contributed by atoms with Crippen molar-refractivity contribution in [3.8, 4) is 11.5 Å². The number of amides is 1. The van der Waals surface area contributed by atoms with Crippen LogP contribution in [-0.2, 0) is 6.61 Å². The first-order valence-electron chi connectivity index (χ1n) is 10.8. The molecule has 0 aliphatic heterocycles. The summed E-state index contributed by atoms with van der Waals surface area (Å²) in [5.41, 5.74) is 4.28. The van der Waals surface area contributed by atoms with Crippen LogP contribution in [0, 0.1) is 10.1 Å². The summed E-state index contributed by atoms with van der Waals surface area (Å²) in [6, 6.07) is 15.0. The van der Waals surface area contributed by atoms with Gasteiger partial charge in [0, 0.05) is 22.0 Å². The van der Waals surface area contributed by atoms with Crippen LogP contribution in [0.15, 0.2) is 77.5 Å². The van der Waals surface area contributed by atoms with Crippen LogP contribution < -0.4 is 14.9 Å². The molecule has 1 aromatic heterocycles. The molecule has 0 atom stereocenters. The molecule has 0 aliphatic rings. The van der Waals surface area contributed by atoms with Gasteiger partial charge in [0.2, 0.25) is 0 Å². The monoisotopic (exact) mass is 693 g/mol. The van der Waals surface area contributed by atoms with E-state index in [1.807, 2.05) is 19.1 Å². The minimum Gasteiger partial charge on any atom is -0.490 e. The van der Waals surface area contributed by atoms with Crippen LogP contribution in [0.3, 0.4) is 0 Å². The molecule has 4 aromatic rings. The van der Waals surface area contributed by atoms with Gasteiger partial charge in [-0.15, -0.1) is 0 Å². The Morgan fingerprint density at radius 2 is 1.92 bits per heavy atom. The smallest absolute Gasteiger partial charge is 0.307 e. The molecule has 0 aliphatic carbocycles. The van der Waals surface area contributed by atoms with Crippen molar-refractivity contribution < 1.29 is 23.6 Å². The zero-order valence-corrected chi connectivity index (χ0v) is 23.9. The van der Waals surface area contributed by atoms with Gasteiger partial charge in [-0.3, -0.25) is 14.9 Å². The molecular formula is C25H18Br3N3O6. The molecule has 12 heteroatoms. The Labute approximate surface area is 236 Å². The van der Waals surface area contributed by atoms with Gasteiger partial charge in [0.1, 0.15) is 12.2 Å². The Morgan fingerprint density at radius 3 is 2.68 bits per heavy atom. The highest BCUT2D eigenvalue weighted by Gasteiger charge is 2.15. The van der Waals surface area contributed by atoms with Crippen LogP contribution >= 0.6 is 47.8 Å². The number of carbonyl (C=O) groups is 1. The molecular weight excluding hydrogens is 678 g/mol. The number of rotatable bonds is 9. The molecule has 9 nitrogen and oxygen atoms in total. The van der Waals surface area contributed by atoms with Gasteiger partial charge in [-0.05, 0) is 80.2 Å². The van der Waals surface area contributed by atoms with Crippen LogP contribution in [0.25, 0.3) is 11.0 Å². The van der Waals surface area contributed by atoms with Crippen molar-refractivity contribution in [3.05, 3.63) is 95.0 Å². The zero-order valence-electron chi connectivity index (χ0n) is 19.2. The fourth-order valence-electron chi connectivity index (χ4n) is 3.39. The molecule has 0 saturated heterocycles. The molecule has 190 valence electrons. The molecule has 0 saturated carbocycles. The van der Waals surface area contributed by atoms with Crippen molar-refractivity contribution in [3.63, 3.8) is 0 Å². The molecule has 0 unspecified atom stereocenters. The summed E-state index contributed by atoms with van der Waals surface area (Å²) in [5.74, 6) is 0.500. The number of nitro groups is 1. The lowest BCUT2D eigenvalue weighted by Gasteiger charge is -2.14. The molecule has 37 heavy (non-hydrogen) atoms. The number of halogens is 3. The Hall–Kier alpha value is -3.22. The van der Waals surface area contributed by atoms with Crippen LogP contribution in [0.2, 0.25) is 0 Å². The van der Waals surface area contributed by atoms with Gasteiger partial charge in [0.05, 0.1) is 26.7 Å². The van der Waals surface area contributed by atoms with E-state index in [9.17, 15) is 14.9 Å². The van der Waals surface area contributed by atoms with Crippen molar-refractivity contribution in [2.45, 2.75) is 13.5 Å². The number of hydrogen-bond acceptors (Lipinski definition) is 7. The number of benzene rings is 3. The summed E-state index contributed by atoms with van der Waals surface area (Å²) in [6.07, 6.45) is 1.46. The molecule has 1 heterocycles. The number of ether oxygens (including phenoxy) is 2. The van der Waals surface area contributed by atoms with Gasteiger partial charge in [-0.25, -0.2) is 5.43 Å². The number of nitrogens with zero attached hydrogens (tertiary/aromatic N) is 2. The van der Waals surface area contributed by atoms with E-state index in [1.165, 1.54) is 18.3 Å². The standard InChI is InChI=1S/C25H18Br3N3O6/c1-2-35-21-8-15(7-19(27)24(21)36-13-14-4-3-5-18(6-14)31(33)34)12-29-30-25(32)22-10-16-9-17(26)11-20(28)23(16)37-22/h3-12H,2,13H2,1H3,(H,30,32)/b29-12-. The first kappa shape index (κ1) is 26.8. The second-order valence-corrected chi connectivity index (χ2v) is 10.2. The van der Waals surface area contributed by atoms with Gasteiger partial charge in [0.15, 0.2) is 17.3 Å². The van der Waals surface area contributed by atoms with Gasteiger partial charge in [-0.1, -0.05) is 28.1 Å². The van der Waals surface area contributed by atoms with E-state index in [0.29, 0.717) is 39.3 Å². The molecule has 3 aromatic carbocycles. The highest BCUT2D eigenvalue weighted by atomic mass is 79.9. The first-order chi connectivity index (χ1) is 17.7. The van der Waals surface area contributed by atoms with Crippen molar-refractivity contribution in [1.82, 2.24) is 5.43 Å². The highest BCUT2D eigenvalue weighted by Crippen LogP contribution is 2.37. The van der Waals surface area contributed by atoms with E-state index in [2.05, 4.69) is 58.3 Å². The number of fused-ring (bicyclic) bond motifs is 1. The van der Waals surface area contributed by atoms with Crippen LogP contribution in [0.1, 0.15) is 28.6 Å². The highest BCUT2D eigenvalue weighted by molar-refractivity contribution is 9.11.